The van der Waals surface area contributed by atoms with Crippen LogP contribution in [-0.2, 0) is 17.7 Å². The highest BCUT2D eigenvalue weighted by molar-refractivity contribution is 5.71. The fourth-order valence-electron chi connectivity index (χ4n) is 4.56. The first-order valence-electron chi connectivity index (χ1n) is 12.0. The zero-order valence-corrected chi connectivity index (χ0v) is 20.6. The molecule has 34 heavy (non-hydrogen) atoms. The molecule has 1 atom stereocenters. The quantitative estimate of drug-likeness (QED) is 0.695. The van der Waals surface area contributed by atoms with Gasteiger partial charge in [0.15, 0.2) is 0 Å². The van der Waals surface area contributed by atoms with Gasteiger partial charge in [0, 0.05) is 37.4 Å². The number of carbonyl (C=O) groups is 1. The van der Waals surface area contributed by atoms with Gasteiger partial charge in [-0.25, -0.2) is 4.79 Å². The lowest BCUT2D eigenvalue weighted by Gasteiger charge is -2.36. The average Bonchev–Trinajstić information content (AvgIpc) is 3.20. The molecule has 1 N–H and O–H groups in total. The van der Waals surface area contributed by atoms with E-state index >= 15 is 0 Å². The first kappa shape index (κ1) is 24.2. The number of anilines is 1. The lowest BCUT2D eigenvalue weighted by molar-refractivity contribution is 0.0308. The number of nitriles is 1. The van der Waals surface area contributed by atoms with E-state index in [1.807, 2.05) is 31.9 Å². The van der Waals surface area contributed by atoms with Gasteiger partial charge in [0.2, 0.25) is 0 Å². The van der Waals surface area contributed by atoms with Gasteiger partial charge in [0.05, 0.1) is 23.9 Å². The summed E-state index contributed by atoms with van der Waals surface area (Å²) in [4.78, 5) is 28.1. The summed E-state index contributed by atoms with van der Waals surface area (Å²) in [6.45, 7) is 9.61. The topological polar surface area (TPSA) is 107 Å². The number of aromatic nitrogens is 2. The molecule has 0 saturated carbocycles. The Morgan fingerprint density at radius 3 is 2.82 bits per heavy atom. The van der Waals surface area contributed by atoms with Crippen LogP contribution in [-0.4, -0.2) is 77.3 Å². The molecule has 0 radical (unpaired) electrons. The van der Waals surface area contributed by atoms with Crippen molar-refractivity contribution in [1.82, 2.24) is 25.1 Å². The van der Waals surface area contributed by atoms with Crippen LogP contribution in [0.2, 0.25) is 0 Å². The molecular weight excluding hydrogens is 434 g/mol. The van der Waals surface area contributed by atoms with E-state index in [1.54, 1.807) is 4.90 Å². The summed E-state index contributed by atoms with van der Waals surface area (Å²) in [5, 5.41) is 12.8. The molecule has 10 nitrogen and oxygen atoms in total. The number of rotatable bonds is 5. The van der Waals surface area contributed by atoms with Crippen LogP contribution >= 0.6 is 0 Å². The van der Waals surface area contributed by atoms with Crippen LogP contribution in [0.4, 0.5) is 10.6 Å². The number of hydrogen-bond donors (Lipinski definition) is 1. The van der Waals surface area contributed by atoms with Crippen LogP contribution in [0.3, 0.4) is 0 Å². The van der Waals surface area contributed by atoms with Gasteiger partial charge in [-0.2, -0.15) is 15.2 Å². The first-order chi connectivity index (χ1) is 16.2. The highest BCUT2D eigenvalue weighted by Crippen LogP contribution is 2.30. The SMILES string of the molecule is CN1CCC[C@H]1COc1nc2c(c(N3C=C(CC#N)N(C(=O)OC(C)(C)C)CC3)n1)CCNC2. The van der Waals surface area contributed by atoms with Gasteiger partial charge in [0.1, 0.15) is 18.0 Å². The van der Waals surface area contributed by atoms with E-state index in [1.165, 1.54) is 6.42 Å². The van der Waals surface area contributed by atoms with Crippen LogP contribution in [0.1, 0.15) is 51.3 Å². The van der Waals surface area contributed by atoms with Crippen LogP contribution in [0.15, 0.2) is 11.9 Å². The van der Waals surface area contributed by atoms with Gasteiger partial charge in [-0.3, -0.25) is 4.90 Å². The maximum Gasteiger partial charge on any atom is 0.414 e. The maximum absolute atomic E-state index is 12.7. The van der Waals surface area contributed by atoms with E-state index < -0.39 is 11.7 Å². The number of allylic oxidation sites excluding steroid dienone is 1. The number of nitrogens with zero attached hydrogens (tertiary/aromatic N) is 6. The number of amides is 1. The van der Waals surface area contributed by atoms with Gasteiger partial charge >= 0.3 is 12.1 Å². The molecule has 0 unspecified atom stereocenters. The Kier molecular flexibility index (Phi) is 7.24. The summed E-state index contributed by atoms with van der Waals surface area (Å²) >= 11 is 0. The number of nitrogens with one attached hydrogen (secondary N) is 1. The summed E-state index contributed by atoms with van der Waals surface area (Å²) < 4.78 is 11.6. The highest BCUT2D eigenvalue weighted by atomic mass is 16.6. The van der Waals surface area contributed by atoms with Gasteiger partial charge in [-0.15, -0.1) is 0 Å². The molecule has 1 amide bonds. The van der Waals surface area contributed by atoms with Crippen molar-refractivity contribution in [2.24, 2.45) is 0 Å². The molecule has 1 fully saturated rings. The van der Waals surface area contributed by atoms with Gasteiger partial charge in [-0.05, 0) is 60.2 Å². The lowest BCUT2D eigenvalue weighted by Crippen LogP contribution is -2.44. The molecule has 184 valence electrons. The number of carbonyl (C=O) groups excluding carboxylic acids is 1. The van der Waals surface area contributed by atoms with Crippen molar-refractivity contribution in [3.63, 3.8) is 0 Å². The number of ether oxygens (including phenoxy) is 2. The molecule has 3 aliphatic rings. The Morgan fingerprint density at radius 1 is 1.29 bits per heavy atom. The molecule has 4 rings (SSSR count). The fourth-order valence-corrected chi connectivity index (χ4v) is 4.56. The van der Waals surface area contributed by atoms with E-state index in [2.05, 4.69) is 23.3 Å². The minimum atomic E-state index is -0.607. The molecule has 3 aliphatic heterocycles. The third-order valence-electron chi connectivity index (χ3n) is 6.33. The second-order valence-electron chi connectivity index (χ2n) is 10.1. The van der Waals surface area contributed by atoms with Crippen LogP contribution in [0, 0.1) is 11.3 Å². The number of likely N-dealkylation sites (N-methyl/N-ethyl adjacent to an activating group) is 1. The monoisotopic (exact) mass is 469 g/mol. The Hall–Kier alpha value is -2.90. The number of fused-ring (bicyclic) bond motifs is 1. The van der Waals surface area contributed by atoms with Gasteiger partial charge < -0.3 is 24.6 Å². The normalized spacial score (nSPS) is 21.0. The van der Waals surface area contributed by atoms with Gasteiger partial charge in [0.25, 0.3) is 0 Å². The zero-order valence-electron chi connectivity index (χ0n) is 20.6. The van der Waals surface area contributed by atoms with Crippen molar-refractivity contribution in [2.75, 3.05) is 44.7 Å². The number of likely N-dealkylation sites (tertiary alicyclic amines) is 1. The third kappa shape index (κ3) is 5.59. The van der Waals surface area contributed by atoms with E-state index in [0.29, 0.717) is 44.0 Å². The van der Waals surface area contributed by atoms with Crippen molar-refractivity contribution in [3.8, 4) is 12.1 Å². The van der Waals surface area contributed by atoms with E-state index in [9.17, 15) is 10.1 Å². The predicted molar refractivity (Wildman–Crippen MR) is 127 cm³/mol. The van der Waals surface area contributed by atoms with E-state index in [0.717, 1.165) is 43.0 Å². The molecule has 0 aromatic carbocycles. The summed E-state index contributed by atoms with van der Waals surface area (Å²) in [7, 11) is 2.12. The molecule has 4 heterocycles. The Bertz CT molecular complexity index is 982. The van der Waals surface area contributed by atoms with E-state index in [-0.39, 0.29) is 6.42 Å². The smallest absolute Gasteiger partial charge is 0.414 e. The van der Waals surface area contributed by atoms with Crippen LogP contribution < -0.4 is 15.0 Å². The Balaban J connectivity index is 1.60. The molecule has 1 aromatic rings. The molecule has 10 heteroatoms. The summed E-state index contributed by atoms with van der Waals surface area (Å²) in [5.74, 6) is 0.792. The molecule has 1 saturated heterocycles. The third-order valence-corrected chi connectivity index (χ3v) is 6.33. The number of hydrogen-bond acceptors (Lipinski definition) is 9. The summed E-state index contributed by atoms with van der Waals surface area (Å²) in [5.41, 5.74) is 2.02. The van der Waals surface area contributed by atoms with Crippen molar-refractivity contribution in [2.45, 2.75) is 64.6 Å². The molecule has 0 spiro atoms. The lowest BCUT2D eigenvalue weighted by atomic mass is 10.1. The first-order valence-corrected chi connectivity index (χ1v) is 12.0. The van der Waals surface area contributed by atoms with Crippen molar-refractivity contribution in [1.29, 1.82) is 5.26 Å². The highest BCUT2D eigenvalue weighted by Gasteiger charge is 2.31. The maximum atomic E-state index is 12.7. The zero-order chi connectivity index (χ0) is 24.3. The summed E-state index contributed by atoms with van der Waals surface area (Å²) in [6, 6.07) is 2.92. The van der Waals surface area contributed by atoms with Crippen molar-refractivity contribution >= 4 is 11.9 Å². The summed E-state index contributed by atoms with van der Waals surface area (Å²) in [6.07, 6.45) is 4.61. The molecule has 0 bridgehead atoms. The molecule has 0 aliphatic carbocycles. The average molecular weight is 470 g/mol. The minimum absolute atomic E-state index is 0.0992. The second kappa shape index (κ2) is 10.2. The van der Waals surface area contributed by atoms with Crippen molar-refractivity contribution < 1.29 is 14.3 Å². The Morgan fingerprint density at radius 2 is 2.12 bits per heavy atom. The van der Waals surface area contributed by atoms with Crippen molar-refractivity contribution in [3.05, 3.63) is 23.2 Å². The standard InChI is InChI=1S/C24H35N7O3/c1-24(2,3)34-23(32)31-13-12-30(15-17(31)7-9-25)21-19-8-10-26-14-20(19)27-22(28-21)33-16-18-6-5-11-29(18)4/h15,18,26H,5-8,10-14,16H2,1-4H3/t18-/m0/s1. The van der Waals surface area contributed by atoms with Crippen LogP contribution in [0.5, 0.6) is 6.01 Å². The molecule has 1 aromatic heterocycles. The Labute approximate surface area is 201 Å². The minimum Gasteiger partial charge on any atom is -0.462 e. The van der Waals surface area contributed by atoms with E-state index in [4.69, 9.17) is 19.4 Å². The largest absolute Gasteiger partial charge is 0.462 e. The molecular formula is C24H35N7O3. The second-order valence-corrected chi connectivity index (χ2v) is 10.1. The van der Waals surface area contributed by atoms with Crippen LogP contribution in [0.25, 0.3) is 0 Å². The predicted octanol–water partition coefficient (Wildman–Crippen LogP) is 2.41. The van der Waals surface area contributed by atoms with Gasteiger partial charge in [-0.1, -0.05) is 0 Å². The fraction of sp³-hybridized carbons (Fsp3) is 0.667.